The van der Waals surface area contributed by atoms with Crippen LogP contribution in [-0.4, -0.2) is 45.1 Å². The molecule has 0 bridgehead atoms. The van der Waals surface area contributed by atoms with Crippen LogP contribution in [0.15, 0.2) is 83.5 Å². The van der Waals surface area contributed by atoms with Crippen LogP contribution in [0, 0.1) is 10.1 Å². The number of non-ortho nitro benzene ring substituents is 1. The van der Waals surface area contributed by atoms with Gasteiger partial charge in [-0.1, -0.05) is 34.1 Å². The maximum Gasteiger partial charge on any atom is 0.269 e. The molecule has 1 saturated heterocycles. The van der Waals surface area contributed by atoms with E-state index in [4.69, 9.17) is 0 Å². The van der Waals surface area contributed by atoms with Crippen molar-refractivity contribution in [2.24, 2.45) is 0 Å². The number of amides is 3. The fourth-order valence-corrected chi connectivity index (χ4v) is 4.85. The van der Waals surface area contributed by atoms with Crippen molar-refractivity contribution in [1.29, 1.82) is 0 Å². The third-order valence-corrected chi connectivity index (χ3v) is 7.00. The van der Waals surface area contributed by atoms with Gasteiger partial charge in [-0.15, -0.1) is 0 Å². The predicted molar refractivity (Wildman–Crippen MR) is 141 cm³/mol. The van der Waals surface area contributed by atoms with E-state index in [0.29, 0.717) is 12.1 Å². The molecule has 1 aliphatic rings. The van der Waals surface area contributed by atoms with Crippen LogP contribution in [0.4, 0.5) is 11.4 Å². The largest absolute Gasteiger partial charge is 0.361 e. The van der Waals surface area contributed by atoms with E-state index in [0.717, 1.165) is 25.8 Å². The van der Waals surface area contributed by atoms with Gasteiger partial charge in [-0.3, -0.25) is 24.5 Å². The second kappa shape index (κ2) is 9.98. The molecule has 10 heteroatoms. The molecule has 5 rings (SSSR count). The molecule has 1 aromatic heterocycles. The maximum absolute atomic E-state index is 13.6. The highest BCUT2D eigenvalue weighted by molar-refractivity contribution is 9.10. The lowest BCUT2D eigenvalue weighted by atomic mass is 10.1. The summed E-state index contributed by atoms with van der Waals surface area (Å²) in [7, 11) is 0. The summed E-state index contributed by atoms with van der Waals surface area (Å²) < 4.78 is 0.806. The Morgan fingerprint density at radius 3 is 2.46 bits per heavy atom. The van der Waals surface area contributed by atoms with Crippen LogP contribution in [-0.2, 0) is 16.0 Å². The van der Waals surface area contributed by atoms with Crippen molar-refractivity contribution in [2.45, 2.75) is 18.9 Å². The highest BCUT2D eigenvalue weighted by atomic mass is 79.9. The summed E-state index contributed by atoms with van der Waals surface area (Å²) in [5.74, 6) is -1.36. The molecule has 186 valence electrons. The minimum absolute atomic E-state index is 0.143. The Bertz CT molecular complexity index is 1510. The lowest BCUT2D eigenvalue weighted by Crippen LogP contribution is -2.46. The van der Waals surface area contributed by atoms with Gasteiger partial charge in [0.2, 0.25) is 5.91 Å². The smallest absolute Gasteiger partial charge is 0.269 e. The summed E-state index contributed by atoms with van der Waals surface area (Å²) in [4.78, 5) is 56.3. The number of carbonyl (C=O) groups is 3. The Morgan fingerprint density at radius 1 is 1.05 bits per heavy atom. The average Bonchev–Trinajstić information content (AvgIpc) is 3.45. The Morgan fingerprint density at radius 2 is 1.76 bits per heavy atom. The molecule has 4 aromatic rings. The molecule has 0 saturated carbocycles. The number of H-pyrrole nitrogens is 1. The summed E-state index contributed by atoms with van der Waals surface area (Å²) in [6.07, 6.45) is 2.16. The third-order valence-electron chi connectivity index (χ3n) is 6.47. The first-order valence-corrected chi connectivity index (χ1v) is 12.4. The molecule has 2 heterocycles. The number of nitro benzene ring substituents is 1. The van der Waals surface area contributed by atoms with Gasteiger partial charge in [-0.25, -0.2) is 4.90 Å². The number of para-hydroxylation sites is 1. The molecule has 9 nitrogen and oxygen atoms in total. The number of carbonyl (C=O) groups excluding carboxylic acids is 3. The van der Waals surface area contributed by atoms with Gasteiger partial charge in [0.05, 0.1) is 17.0 Å². The number of hydrogen-bond donors (Lipinski definition) is 1. The van der Waals surface area contributed by atoms with Crippen molar-refractivity contribution in [3.8, 4) is 0 Å². The summed E-state index contributed by atoms with van der Waals surface area (Å²) in [6.45, 7) is 0.176. The SMILES string of the molecule is O=C1CC(N(CCc2c[nH]c3ccccc23)C(=O)c2ccc([N+](=O)[O-])cc2)C(=O)N1c1ccc(Br)cc1. The van der Waals surface area contributed by atoms with Crippen LogP contribution < -0.4 is 4.90 Å². The van der Waals surface area contributed by atoms with Crippen LogP contribution >= 0.6 is 15.9 Å². The number of nitrogens with zero attached hydrogens (tertiary/aromatic N) is 3. The zero-order chi connectivity index (χ0) is 26.1. The molecule has 3 amide bonds. The number of halogens is 1. The van der Waals surface area contributed by atoms with Gasteiger partial charge in [0.15, 0.2) is 0 Å². The standard InChI is InChI=1S/C27H21BrN4O5/c28-19-7-11-20(12-8-19)31-25(33)15-24(27(31)35)30(26(34)17-5-9-21(10-6-17)32(36)37)14-13-18-16-29-23-4-2-1-3-22(18)23/h1-12,16,24,29H,13-15H2. The van der Waals surface area contributed by atoms with E-state index >= 15 is 0 Å². The Hall–Kier alpha value is -4.31. The Kier molecular flexibility index (Phi) is 6.58. The zero-order valence-electron chi connectivity index (χ0n) is 19.5. The van der Waals surface area contributed by atoms with E-state index in [1.807, 2.05) is 30.5 Å². The zero-order valence-corrected chi connectivity index (χ0v) is 21.1. The number of nitro groups is 1. The number of hydrogen-bond acceptors (Lipinski definition) is 5. The van der Waals surface area contributed by atoms with Crippen molar-refractivity contribution < 1.29 is 19.3 Å². The highest BCUT2D eigenvalue weighted by Gasteiger charge is 2.44. The molecule has 0 radical (unpaired) electrons. The number of nitrogens with one attached hydrogen (secondary N) is 1. The van der Waals surface area contributed by atoms with Gasteiger partial charge in [-0.2, -0.15) is 0 Å². The van der Waals surface area contributed by atoms with Crippen LogP contribution in [0.3, 0.4) is 0 Å². The van der Waals surface area contributed by atoms with Gasteiger partial charge >= 0.3 is 0 Å². The fourth-order valence-electron chi connectivity index (χ4n) is 4.59. The molecule has 1 unspecified atom stereocenters. The maximum atomic E-state index is 13.6. The second-order valence-corrected chi connectivity index (χ2v) is 9.59. The number of fused-ring (bicyclic) bond motifs is 1. The number of rotatable bonds is 7. The molecule has 1 aliphatic heterocycles. The first-order valence-electron chi connectivity index (χ1n) is 11.6. The summed E-state index contributed by atoms with van der Waals surface area (Å²) in [5.41, 5.74) is 2.42. The second-order valence-electron chi connectivity index (χ2n) is 8.68. The molecular formula is C27H21BrN4O5. The number of imide groups is 1. The van der Waals surface area contributed by atoms with Crippen molar-refractivity contribution in [1.82, 2.24) is 9.88 Å². The number of aromatic amines is 1. The summed E-state index contributed by atoms with van der Waals surface area (Å²) >= 11 is 3.35. The summed E-state index contributed by atoms with van der Waals surface area (Å²) in [5, 5.41) is 12.1. The molecule has 1 N–H and O–H groups in total. The van der Waals surface area contributed by atoms with E-state index < -0.39 is 28.7 Å². The Labute approximate surface area is 220 Å². The monoisotopic (exact) mass is 560 g/mol. The lowest BCUT2D eigenvalue weighted by Gasteiger charge is -2.28. The first-order chi connectivity index (χ1) is 17.8. The molecular weight excluding hydrogens is 540 g/mol. The number of benzene rings is 3. The van der Waals surface area contributed by atoms with Crippen LogP contribution in [0.5, 0.6) is 0 Å². The molecule has 0 spiro atoms. The molecule has 3 aromatic carbocycles. The van der Waals surface area contributed by atoms with Crippen LogP contribution in [0.25, 0.3) is 10.9 Å². The van der Waals surface area contributed by atoms with Crippen molar-refractivity contribution in [3.63, 3.8) is 0 Å². The van der Waals surface area contributed by atoms with Gasteiger partial charge in [-0.05, 0) is 54.4 Å². The minimum atomic E-state index is -0.996. The third kappa shape index (κ3) is 4.75. The fraction of sp³-hybridized carbons (Fsp3) is 0.148. The van der Waals surface area contributed by atoms with Gasteiger partial charge in [0.1, 0.15) is 6.04 Å². The lowest BCUT2D eigenvalue weighted by molar-refractivity contribution is -0.384. The molecule has 37 heavy (non-hydrogen) atoms. The quantitative estimate of drug-likeness (QED) is 0.197. The highest BCUT2D eigenvalue weighted by Crippen LogP contribution is 2.29. The average molecular weight is 561 g/mol. The molecule has 0 aliphatic carbocycles. The normalized spacial score (nSPS) is 15.4. The van der Waals surface area contributed by atoms with Crippen molar-refractivity contribution >= 4 is 55.9 Å². The number of aromatic nitrogens is 1. The van der Waals surface area contributed by atoms with Crippen molar-refractivity contribution in [2.75, 3.05) is 11.4 Å². The van der Waals surface area contributed by atoms with Crippen LogP contribution in [0.2, 0.25) is 0 Å². The van der Waals surface area contributed by atoms with Gasteiger partial charge < -0.3 is 9.88 Å². The van der Waals surface area contributed by atoms with E-state index in [9.17, 15) is 24.5 Å². The topological polar surface area (TPSA) is 117 Å². The van der Waals surface area contributed by atoms with Crippen LogP contribution in [0.1, 0.15) is 22.3 Å². The molecule has 1 fully saturated rings. The van der Waals surface area contributed by atoms with E-state index in [-0.39, 0.29) is 24.2 Å². The summed E-state index contributed by atoms with van der Waals surface area (Å²) in [6, 6.07) is 18.8. The van der Waals surface area contributed by atoms with Gasteiger partial charge in [0.25, 0.3) is 17.5 Å². The first kappa shape index (κ1) is 24.4. The van der Waals surface area contributed by atoms with Gasteiger partial charge in [0, 0.05) is 45.8 Å². The van der Waals surface area contributed by atoms with Crippen molar-refractivity contribution in [3.05, 3.63) is 105 Å². The Balaban J connectivity index is 1.46. The number of anilines is 1. The van der Waals surface area contributed by atoms with E-state index in [1.165, 1.54) is 29.2 Å². The van der Waals surface area contributed by atoms with E-state index in [2.05, 4.69) is 20.9 Å². The van der Waals surface area contributed by atoms with E-state index in [1.54, 1.807) is 24.3 Å². The predicted octanol–water partition coefficient (Wildman–Crippen LogP) is 4.86. The minimum Gasteiger partial charge on any atom is -0.361 e. The molecule has 1 atom stereocenters.